The van der Waals surface area contributed by atoms with E-state index in [4.69, 9.17) is 0 Å². The van der Waals surface area contributed by atoms with Gasteiger partial charge in [0, 0.05) is 9.75 Å². The van der Waals surface area contributed by atoms with E-state index in [-0.39, 0.29) is 6.54 Å². The number of barbiturate groups is 1. The minimum atomic E-state index is -1.20. The summed E-state index contributed by atoms with van der Waals surface area (Å²) in [6.45, 7) is 5.31. The van der Waals surface area contributed by atoms with Crippen LogP contribution in [0.5, 0.6) is 0 Å². The van der Waals surface area contributed by atoms with Gasteiger partial charge in [-0.15, -0.1) is 11.3 Å². The number of carbonyl (C=O) groups is 3. The Bertz CT molecular complexity index is 548. The molecule has 0 spiro atoms. The molecular formula is C13H16N2O3S. The zero-order valence-electron chi connectivity index (χ0n) is 11.1. The van der Waals surface area contributed by atoms with E-state index >= 15 is 0 Å². The first-order valence-corrected chi connectivity index (χ1v) is 6.93. The van der Waals surface area contributed by atoms with E-state index in [2.05, 4.69) is 12.2 Å². The highest BCUT2D eigenvalue weighted by molar-refractivity contribution is 7.11. The van der Waals surface area contributed by atoms with Gasteiger partial charge in [-0.2, -0.15) is 0 Å². The molecule has 6 heteroatoms. The lowest BCUT2D eigenvalue weighted by Gasteiger charge is -2.34. The van der Waals surface area contributed by atoms with Gasteiger partial charge in [0.15, 0.2) is 0 Å². The van der Waals surface area contributed by atoms with Gasteiger partial charge in [0.2, 0.25) is 11.8 Å². The molecule has 1 aliphatic rings. The van der Waals surface area contributed by atoms with Crippen LogP contribution < -0.4 is 5.32 Å². The Morgan fingerprint density at radius 3 is 2.42 bits per heavy atom. The SMILES string of the molecule is CCc1ccc(CN2C(=O)NC(=O)C(C)(C)C2=O)s1. The van der Waals surface area contributed by atoms with Gasteiger partial charge in [0.05, 0.1) is 6.54 Å². The van der Waals surface area contributed by atoms with Gasteiger partial charge in [-0.1, -0.05) is 6.92 Å². The molecule has 1 saturated heterocycles. The number of nitrogens with zero attached hydrogens (tertiary/aromatic N) is 1. The van der Waals surface area contributed by atoms with Gasteiger partial charge >= 0.3 is 6.03 Å². The first kappa shape index (κ1) is 13.7. The number of nitrogens with one attached hydrogen (secondary N) is 1. The van der Waals surface area contributed by atoms with Crippen LogP contribution in [0.15, 0.2) is 12.1 Å². The quantitative estimate of drug-likeness (QED) is 0.860. The van der Waals surface area contributed by atoms with E-state index in [1.807, 2.05) is 12.1 Å². The van der Waals surface area contributed by atoms with Gasteiger partial charge in [0.1, 0.15) is 5.41 Å². The zero-order chi connectivity index (χ0) is 14.2. The van der Waals surface area contributed by atoms with Crippen molar-refractivity contribution < 1.29 is 14.4 Å². The summed E-state index contributed by atoms with van der Waals surface area (Å²) in [7, 11) is 0. The van der Waals surface area contributed by atoms with Gasteiger partial charge in [0.25, 0.3) is 0 Å². The number of rotatable bonds is 3. The first-order valence-electron chi connectivity index (χ1n) is 6.11. The summed E-state index contributed by atoms with van der Waals surface area (Å²) >= 11 is 1.57. The third kappa shape index (κ3) is 2.40. The Balaban J connectivity index is 2.21. The summed E-state index contributed by atoms with van der Waals surface area (Å²) in [5, 5.41) is 2.22. The molecule has 5 nitrogen and oxygen atoms in total. The molecule has 1 aliphatic heterocycles. The minimum absolute atomic E-state index is 0.214. The van der Waals surface area contributed by atoms with Crippen molar-refractivity contribution in [1.29, 1.82) is 0 Å². The molecule has 2 heterocycles. The summed E-state index contributed by atoms with van der Waals surface area (Å²) in [5.41, 5.74) is -1.20. The molecule has 0 bridgehead atoms. The Morgan fingerprint density at radius 1 is 1.21 bits per heavy atom. The lowest BCUT2D eigenvalue weighted by molar-refractivity contribution is -0.149. The van der Waals surface area contributed by atoms with Crippen LogP contribution in [-0.2, 0) is 22.6 Å². The normalized spacial score (nSPS) is 18.7. The molecule has 0 aromatic carbocycles. The molecule has 1 N–H and O–H groups in total. The van der Waals surface area contributed by atoms with E-state index in [1.165, 1.54) is 18.7 Å². The average Bonchev–Trinajstić information content (AvgIpc) is 2.81. The number of amides is 4. The third-order valence-corrected chi connectivity index (χ3v) is 4.41. The smallest absolute Gasteiger partial charge is 0.277 e. The number of aryl methyl sites for hydroxylation is 1. The third-order valence-electron chi connectivity index (χ3n) is 3.19. The number of hydrogen-bond donors (Lipinski definition) is 1. The van der Waals surface area contributed by atoms with Gasteiger partial charge in [-0.05, 0) is 32.4 Å². The van der Waals surface area contributed by atoms with Crippen LogP contribution in [0.1, 0.15) is 30.5 Å². The summed E-state index contributed by atoms with van der Waals surface area (Å²) in [6.07, 6.45) is 0.925. The Kier molecular flexibility index (Phi) is 3.45. The monoisotopic (exact) mass is 280 g/mol. The molecule has 19 heavy (non-hydrogen) atoms. The van der Waals surface area contributed by atoms with Crippen molar-refractivity contribution in [3.8, 4) is 0 Å². The molecule has 0 unspecified atom stereocenters. The Morgan fingerprint density at radius 2 is 1.84 bits per heavy atom. The van der Waals surface area contributed by atoms with Gasteiger partial charge < -0.3 is 0 Å². The molecule has 0 saturated carbocycles. The maximum Gasteiger partial charge on any atom is 0.331 e. The number of imide groups is 2. The van der Waals surface area contributed by atoms with Gasteiger partial charge in [-0.3, -0.25) is 19.8 Å². The molecule has 0 atom stereocenters. The fraction of sp³-hybridized carbons (Fsp3) is 0.462. The molecule has 0 aliphatic carbocycles. The fourth-order valence-electron chi connectivity index (χ4n) is 1.84. The largest absolute Gasteiger partial charge is 0.331 e. The van der Waals surface area contributed by atoms with Crippen LogP contribution in [0.2, 0.25) is 0 Å². The van der Waals surface area contributed by atoms with E-state index in [9.17, 15) is 14.4 Å². The first-order chi connectivity index (χ1) is 8.86. The van der Waals surface area contributed by atoms with Crippen molar-refractivity contribution in [3.05, 3.63) is 21.9 Å². The van der Waals surface area contributed by atoms with Crippen molar-refractivity contribution in [2.75, 3.05) is 0 Å². The second-order valence-electron chi connectivity index (χ2n) is 5.00. The van der Waals surface area contributed by atoms with Crippen LogP contribution in [0.25, 0.3) is 0 Å². The molecule has 1 aromatic heterocycles. The predicted octanol–water partition coefficient (Wildman–Crippen LogP) is 1.92. The standard InChI is InChI=1S/C13H16N2O3S/c1-4-8-5-6-9(19-8)7-15-11(17)13(2,3)10(16)14-12(15)18/h5-6H,4,7H2,1-3H3,(H,14,16,18). The molecule has 0 radical (unpaired) electrons. The summed E-state index contributed by atoms with van der Waals surface area (Å²) in [5.74, 6) is -0.994. The van der Waals surface area contributed by atoms with E-state index in [0.717, 1.165) is 16.2 Å². The van der Waals surface area contributed by atoms with E-state index < -0.39 is 23.3 Å². The zero-order valence-corrected chi connectivity index (χ0v) is 12.0. The van der Waals surface area contributed by atoms with Crippen LogP contribution in [-0.4, -0.2) is 22.7 Å². The fourth-order valence-corrected chi connectivity index (χ4v) is 2.79. The van der Waals surface area contributed by atoms with Crippen molar-refractivity contribution in [2.45, 2.75) is 33.7 Å². The predicted molar refractivity (Wildman–Crippen MR) is 71.6 cm³/mol. The van der Waals surface area contributed by atoms with Crippen LogP contribution >= 0.6 is 11.3 Å². The minimum Gasteiger partial charge on any atom is -0.277 e. The van der Waals surface area contributed by atoms with E-state index in [1.54, 1.807) is 11.3 Å². The van der Waals surface area contributed by atoms with Gasteiger partial charge in [-0.25, -0.2) is 4.79 Å². The molecule has 2 rings (SSSR count). The second-order valence-corrected chi connectivity index (χ2v) is 6.25. The highest BCUT2D eigenvalue weighted by atomic mass is 32.1. The molecular weight excluding hydrogens is 264 g/mol. The number of thiophene rings is 1. The molecule has 1 fully saturated rings. The summed E-state index contributed by atoms with van der Waals surface area (Å²) < 4.78 is 0. The van der Waals surface area contributed by atoms with Crippen molar-refractivity contribution in [2.24, 2.45) is 5.41 Å². The van der Waals surface area contributed by atoms with Crippen LogP contribution in [0, 0.1) is 5.41 Å². The number of urea groups is 1. The lowest BCUT2D eigenvalue weighted by Crippen LogP contribution is -2.61. The van der Waals surface area contributed by atoms with E-state index in [0.29, 0.717) is 0 Å². The summed E-state index contributed by atoms with van der Waals surface area (Å²) in [6, 6.07) is 3.26. The topological polar surface area (TPSA) is 66.5 Å². The Labute approximate surface area is 115 Å². The van der Waals surface area contributed by atoms with Crippen LogP contribution in [0.4, 0.5) is 4.79 Å². The molecule has 4 amide bonds. The molecule has 1 aromatic rings. The Hall–Kier alpha value is -1.69. The number of hydrogen-bond acceptors (Lipinski definition) is 4. The maximum absolute atomic E-state index is 12.2. The second kappa shape index (κ2) is 4.77. The highest BCUT2D eigenvalue weighted by Gasteiger charge is 2.46. The average molecular weight is 280 g/mol. The van der Waals surface area contributed by atoms with Crippen molar-refractivity contribution in [3.63, 3.8) is 0 Å². The lowest BCUT2D eigenvalue weighted by atomic mass is 9.89. The number of carbonyl (C=O) groups excluding carboxylic acids is 3. The maximum atomic E-state index is 12.2. The molecule has 102 valence electrons. The van der Waals surface area contributed by atoms with Crippen LogP contribution in [0.3, 0.4) is 0 Å². The summed E-state index contributed by atoms with van der Waals surface area (Å²) in [4.78, 5) is 38.8. The van der Waals surface area contributed by atoms with Crippen molar-refractivity contribution in [1.82, 2.24) is 10.2 Å². The highest BCUT2D eigenvalue weighted by Crippen LogP contribution is 2.26. The van der Waals surface area contributed by atoms with Crippen molar-refractivity contribution >= 4 is 29.2 Å².